The second kappa shape index (κ2) is 10.3. The zero-order valence-electron chi connectivity index (χ0n) is 19.9. The molecule has 174 valence electrons. The molecular formula is C28H35N3O2. The minimum absolute atomic E-state index is 0.0144. The standard InChI is InChI=1S/C28H35N3O2/c1-4-25-19(2)26(30-29-25)18-31(3)28(33)23-13-10-20(11-14-23)16-21-12-15-24(17-21)27(32)22-8-6-5-7-9-22/h5-11,13-14,21,24,27,32H,4,12,15-18H2,1-3H3,(H,29,30)/t21-,24-,27+/m0/s1. The molecule has 0 radical (unpaired) electrons. The van der Waals surface area contributed by atoms with E-state index >= 15 is 0 Å². The minimum Gasteiger partial charge on any atom is -0.388 e. The van der Waals surface area contributed by atoms with Gasteiger partial charge >= 0.3 is 0 Å². The summed E-state index contributed by atoms with van der Waals surface area (Å²) < 4.78 is 0. The maximum atomic E-state index is 12.9. The predicted octanol–water partition coefficient (Wildman–Crippen LogP) is 5.25. The topological polar surface area (TPSA) is 69.2 Å². The van der Waals surface area contributed by atoms with Crippen LogP contribution in [0.1, 0.15) is 70.7 Å². The van der Waals surface area contributed by atoms with Gasteiger partial charge in [-0.25, -0.2) is 0 Å². The molecule has 33 heavy (non-hydrogen) atoms. The van der Waals surface area contributed by atoms with Gasteiger partial charge < -0.3 is 10.0 Å². The fourth-order valence-electron chi connectivity index (χ4n) is 5.13. The number of carbonyl (C=O) groups excluding carboxylic acids is 1. The van der Waals surface area contributed by atoms with Gasteiger partial charge in [0.2, 0.25) is 0 Å². The highest BCUT2D eigenvalue weighted by Crippen LogP contribution is 2.40. The molecule has 1 aliphatic carbocycles. The Balaban J connectivity index is 1.31. The van der Waals surface area contributed by atoms with Crippen molar-refractivity contribution in [2.24, 2.45) is 11.8 Å². The van der Waals surface area contributed by atoms with Crippen LogP contribution in [0.5, 0.6) is 0 Å². The molecule has 1 aliphatic rings. The molecule has 0 saturated heterocycles. The highest BCUT2D eigenvalue weighted by molar-refractivity contribution is 5.94. The lowest BCUT2D eigenvalue weighted by Crippen LogP contribution is -2.26. The lowest BCUT2D eigenvalue weighted by Gasteiger charge is -2.19. The first-order chi connectivity index (χ1) is 16.0. The summed E-state index contributed by atoms with van der Waals surface area (Å²) in [6.07, 6.45) is 4.75. The largest absolute Gasteiger partial charge is 0.388 e. The number of rotatable bonds is 8. The highest BCUT2D eigenvalue weighted by atomic mass is 16.3. The molecule has 0 unspecified atom stereocenters. The van der Waals surface area contributed by atoms with Gasteiger partial charge in [-0.3, -0.25) is 9.89 Å². The molecule has 1 fully saturated rings. The van der Waals surface area contributed by atoms with E-state index in [0.29, 0.717) is 23.9 Å². The summed E-state index contributed by atoms with van der Waals surface area (Å²) in [5, 5.41) is 18.1. The normalized spacial score (nSPS) is 18.9. The van der Waals surface area contributed by atoms with Crippen LogP contribution in [0.3, 0.4) is 0 Å². The summed E-state index contributed by atoms with van der Waals surface area (Å²) in [7, 11) is 1.83. The van der Waals surface area contributed by atoms with Crippen LogP contribution in [0.15, 0.2) is 54.6 Å². The number of nitrogens with one attached hydrogen (secondary N) is 1. The third kappa shape index (κ3) is 5.36. The van der Waals surface area contributed by atoms with Crippen molar-refractivity contribution in [3.05, 3.63) is 88.2 Å². The summed E-state index contributed by atoms with van der Waals surface area (Å²) in [5.74, 6) is 0.917. The van der Waals surface area contributed by atoms with Crippen molar-refractivity contribution < 1.29 is 9.90 Å². The first kappa shape index (κ1) is 23.2. The number of aliphatic hydroxyl groups excluding tert-OH is 1. The zero-order valence-corrected chi connectivity index (χ0v) is 19.9. The van der Waals surface area contributed by atoms with E-state index in [1.165, 1.54) is 5.56 Å². The lowest BCUT2D eigenvalue weighted by molar-refractivity contribution is 0.0783. The molecule has 2 aromatic carbocycles. The van der Waals surface area contributed by atoms with Crippen LogP contribution in [0.4, 0.5) is 0 Å². The average Bonchev–Trinajstić information content (AvgIpc) is 3.45. The number of H-pyrrole nitrogens is 1. The van der Waals surface area contributed by atoms with Crippen LogP contribution in [0.25, 0.3) is 0 Å². The van der Waals surface area contributed by atoms with Gasteiger partial charge in [-0.1, -0.05) is 49.4 Å². The van der Waals surface area contributed by atoms with Crippen molar-refractivity contribution in [1.82, 2.24) is 15.1 Å². The van der Waals surface area contributed by atoms with Crippen molar-refractivity contribution >= 4 is 5.91 Å². The van der Waals surface area contributed by atoms with Gasteiger partial charge in [0.25, 0.3) is 5.91 Å². The number of aromatic nitrogens is 2. The van der Waals surface area contributed by atoms with E-state index in [1.807, 2.05) is 49.5 Å². The molecular weight excluding hydrogens is 410 g/mol. The number of aryl methyl sites for hydroxylation is 1. The number of amides is 1. The number of benzene rings is 2. The van der Waals surface area contributed by atoms with E-state index in [1.54, 1.807) is 4.90 Å². The summed E-state index contributed by atoms with van der Waals surface area (Å²) in [6.45, 7) is 4.66. The Morgan fingerprint density at radius 1 is 1.15 bits per heavy atom. The molecule has 1 saturated carbocycles. The van der Waals surface area contributed by atoms with Crippen LogP contribution in [-0.4, -0.2) is 33.2 Å². The van der Waals surface area contributed by atoms with Crippen LogP contribution in [0, 0.1) is 18.8 Å². The Labute approximate surface area is 196 Å². The smallest absolute Gasteiger partial charge is 0.253 e. The molecule has 0 spiro atoms. The number of nitrogens with zero attached hydrogens (tertiary/aromatic N) is 2. The molecule has 0 aliphatic heterocycles. The Bertz CT molecular complexity index is 1060. The Hall–Kier alpha value is -2.92. The summed E-state index contributed by atoms with van der Waals surface area (Å²) >= 11 is 0. The summed E-state index contributed by atoms with van der Waals surface area (Å²) in [5.41, 5.74) is 6.17. The molecule has 5 nitrogen and oxygen atoms in total. The summed E-state index contributed by atoms with van der Waals surface area (Å²) in [6, 6.07) is 18.0. The van der Waals surface area contributed by atoms with Gasteiger partial charge in [0.05, 0.1) is 24.0 Å². The molecule has 3 aromatic rings. The molecule has 1 aromatic heterocycles. The number of hydrogen-bond acceptors (Lipinski definition) is 3. The van der Waals surface area contributed by atoms with Gasteiger partial charge in [-0.15, -0.1) is 0 Å². The van der Waals surface area contributed by atoms with Gasteiger partial charge in [0.1, 0.15) is 0 Å². The van der Waals surface area contributed by atoms with Gasteiger partial charge in [-0.2, -0.15) is 5.10 Å². The van der Waals surface area contributed by atoms with Gasteiger partial charge in [0, 0.05) is 12.6 Å². The number of hydrogen-bond donors (Lipinski definition) is 2. The second-order valence-corrected chi connectivity index (χ2v) is 9.48. The number of carbonyl (C=O) groups is 1. The zero-order chi connectivity index (χ0) is 23.4. The van der Waals surface area contributed by atoms with E-state index in [9.17, 15) is 9.90 Å². The van der Waals surface area contributed by atoms with Crippen LogP contribution in [0.2, 0.25) is 0 Å². The first-order valence-corrected chi connectivity index (χ1v) is 12.1. The van der Waals surface area contributed by atoms with Crippen LogP contribution >= 0.6 is 0 Å². The van der Waals surface area contributed by atoms with E-state index < -0.39 is 0 Å². The molecule has 0 bridgehead atoms. The van der Waals surface area contributed by atoms with Crippen LogP contribution in [-0.2, 0) is 19.4 Å². The second-order valence-electron chi connectivity index (χ2n) is 9.48. The Morgan fingerprint density at radius 2 is 1.88 bits per heavy atom. The monoisotopic (exact) mass is 445 g/mol. The maximum Gasteiger partial charge on any atom is 0.253 e. The maximum absolute atomic E-state index is 12.9. The van der Waals surface area contributed by atoms with Crippen molar-refractivity contribution in [3.63, 3.8) is 0 Å². The minimum atomic E-state index is -0.376. The Morgan fingerprint density at radius 3 is 2.55 bits per heavy atom. The van der Waals surface area contributed by atoms with Crippen molar-refractivity contribution in [3.8, 4) is 0 Å². The van der Waals surface area contributed by atoms with Gasteiger partial charge in [0.15, 0.2) is 0 Å². The third-order valence-corrected chi connectivity index (χ3v) is 7.18. The fraction of sp³-hybridized carbons (Fsp3) is 0.429. The fourth-order valence-corrected chi connectivity index (χ4v) is 5.13. The summed E-state index contributed by atoms with van der Waals surface area (Å²) in [4.78, 5) is 14.6. The van der Waals surface area contributed by atoms with E-state index in [4.69, 9.17) is 0 Å². The van der Waals surface area contributed by atoms with Crippen molar-refractivity contribution in [2.45, 2.75) is 58.6 Å². The quantitative estimate of drug-likeness (QED) is 0.498. The average molecular weight is 446 g/mol. The molecule has 4 rings (SSSR count). The SMILES string of the molecule is CCc1n[nH]c(CN(C)C(=O)c2ccc(C[C@@H]3CC[C@H]([C@H](O)c4ccccc4)C3)cc2)c1C. The predicted molar refractivity (Wildman–Crippen MR) is 131 cm³/mol. The number of aromatic amines is 1. The molecule has 3 atom stereocenters. The first-order valence-electron chi connectivity index (χ1n) is 12.1. The third-order valence-electron chi connectivity index (χ3n) is 7.18. The van der Waals surface area contributed by atoms with Crippen LogP contribution < -0.4 is 0 Å². The number of aliphatic hydroxyl groups is 1. The lowest BCUT2D eigenvalue weighted by atomic mass is 9.91. The molecule has 1 heterocycles. The molecule has 5 heteroatoms. The molecule has 2 N–H and O–H groups in total. The van der Waals surface area contributed by atoms with E-state index in [-0.39, 0.29) is 12.0 Å². The Kier molecular flexibility index (Phi) is 7.29. The highest BCUT2D eigenvalue weighted by Gasteiger charge is 2.30. The van der Waals surface area contributed by atoms with E-state index in [0.717, 1.165) is 54.6 Å². The van der Waals surface area contributed by atoms with E-state index in [2.05, 4.69) is 36.2 Å². The van der Waals surface area contributed by atoms with Crippen molar-refractivity contribution in [2.75, 3.05) is 7.05 Å². The van der Waals surface area contributed by atoms with Crippen molar-refractivity contribution in [1.29, 1.82) is 0 Å². The molecule has 1 amide bonds. The van der Waals surface area contributed by atoms with Gasteiger partial charge in [-0.05, 0) is 79.7 Å².